The molecule has 5 nitrogen and oxygen atoms in total. The van der Waals surface area contributed by atoms with Gasteiger partial charge in [0.1, 0.15) is 6.04 Å². The van der Waals surface area contributed by atoms with Crippen LogP contribution in [0.15, 0.2) is 24.3 Å². The zero-order valence-corrected chi connectivity index (χ0v) is 16.1. The Kier molecular flexibility index (Phi) is 13.0. The molecule has 124 valence electrons. The topological polar surface area (TPSA) is 101 Å². The Hall–Kier alpha value is -0.880. The zero-order valence-electron chi connectivity index (χ0n) is 14.1. The van der Waals surface area contributed by atoms with Gasteiger partial charge in [0.05, 0.1) is 0 Å². The second-order valence-corrected chi connectivity index (χ2v) is 6.48. The number of carboxylic acid groups (broad SMARTS) is 1. The third-order valence-electron chi connectivity index (χ3n) is 3.47. The van der Waals surface area contributed by atoms with Crippen LogP contribution >= 0.6 is 0 Å². The summed E-state index contributed by atoms with van der Waals surface area (Å²) >= 11 is 0.456. The van der Waals surface area contributed by atoms with Crippen molar-refractivity contribution in [1.29, 1.82) is 0 Å². The molecule has 0 radical (unpaired) electrons. The first-order valence-electron chi connectivity index (χ1n) is 8.17. The Morgan fingerprint density at radius 2 is 1.70 bits per heavy atom. The summed E-state index contributed by atoms with van der Waals surface area (Å²) in [5, 5.41) is 17.6. The number of carbonyl (C=O) groups excluding carboxylic acids is 1. The van der Waals surface area contributed by atoms with Crippen LogP contribution in [0.1, 0.15) is 62.2 Å². The first-order valence-corrected chi connectivity index (χ1v) is 9.17. The summed E-state index contributed by atoms with van der Waals surface area (Å²) in [6.45, 7) is 2.18. The Balaban J connectivity index is 0.000000433. The Morgan fingerprint density at radius 3 is 2.17 bits per heavy atom. The Labute approximate surface area is 155 Å². The van der Waals surface area contributed by atoms with Gasteiger partial charge in [-0.3, -0.25) is 4.79 Å². The third-order valence-corrected chi connectivity index (χ3v) is 4.01. The van der Waals surface area contributed by atoms with Crippen LogP contribution in [0.2, 0.25) is 0 Å². The minimum atomic E-state index is -0.881. The number of aliphatic carboxylic acids is 1. The minimum absolute atomic E-state index is 0.0260. The van der Waals surface area contributed by atoms with E-state index in [1.807, 2.05) is 0 Å². The van der Waals surface area contributed by atoms with Crippen molar-refractivity contribution >= 4 is 36.9 Å². The van der Waals surface area contributed by atoms with Gasteiger partial charge in [0, 0.05) is 0 Å². The van der Waals surface area contributed by atoms with E-state index in [-0.39, 0.29) is 8.78 Å². The van der Waals surface area contributed by atoms with Gasteiger partial charge in [-0.2, -0.15) is 0 Å². The molecule has 0 saturated carbocycles. The van der Waals surface area contributed by atoms with Gasteiger partial charge in [0.2, 0.25) is 0 Å². The second-order valence-electron chi connectivity index (χ2n) is 5.57. The SMILES string of the molecule is CCCCCCCCC(N)C(=O)O.O=[C]([Na])c1ccccc1O. The van der Waals surface area contributed by atoms with E-state index in [0.717, 1.165) is 12.8 Å². The average molecular weight is 331 g/mol. The number of aromatic hydroxyl groups is 1. The number of para-hydroxylation sites is 1. The van der Waals surface area contributed by atoms with Gasteiger partial charge in [-0.1, -0.05) is 45.4 Å². The first kappa shape index (κ1) is 22.1. The molecule has 0 amide bonds. The molecule has 0 fully saturated rings. The number of carboxylic acids is 1. The van der Waals surface area contributed by atoms with Crippen molar-refractivity contribution < 1.29 is 19.8 Å². The van der Waals surface area contributed by atoms with Crippen molar-refractivity contribution in [1.82, 2.24) is 0 Å². The van der Waals surface area contributed by atoms with Crippen LogP contribution in [0.25, 0.3) is 0 Å². The van der Waals surface area contributed by atoms with Crippen molar-refractivity contribution in [2.75, 3.05) is 0 Å². The molecule has 0 aliphatic rings. The number of carbonyl (C=O) groups is 2. The Bertz CT molecular complexity index is 479. The van der Waals surface area contributed by atoms with Crippen LogP contribution in [0.3, 0.4) is 0 Å². The average Bonchev–Trinajstić information content (AvgIpc) is 2.51. The predicted molar refractivity (Wildman–Crippen MR) is 91.8 cm³/mol. The molecule has 0 aromatic heterocycles. The van der Waals surface area contributed by atoms with E-state index in [0.29, 0.717) is 39.9 Å². The summed E-state index contributed by atoms with van der Waals surface area (Å²) in [4.78, 5) is 21.1. The number of rotatable bonds is 9. The fourth-order valence-electron chi connectivity index (χ4n) is 2.04. The molecule has 1 aromatic rings. The van der Waals surface area contributed by atoms with E-state index < -0.39 is 12.0 Å². The number of nitrogens with two attached hydrogens (primary N) is 1. The summed E-state index contributed by atoms with van der Waals surface area (Å²) in [6.07, 6.45) is 7.66. The molecule has 6 heteroatoms. The molecule has 0 aliphatic heterocycles. The molecule has 4 N–H and O–H groups in total. The quantitative estimate of drug-likeness (QED) is 0.477. The molecule has 0 bridgehead atoms. The number of unbranched alkanes of at least 4 members (excludes halogenated alkanes) is 5. The summed E-state index contributed by atoms with van der Waals surface area (Å²) in [5.74, 6) is -0.795. The summed E-state index contributed by atoms with van der Waals surface area (Å²) in [6, 6.07) is 5.93. The molecule has 0 spiro atoms. The number of phenolic OH excluding ortho intramolecular Hbond substituents is 1. The Morgan fingerprint density at radius 1 is 1.13 bits per heavy atom. The van der Waals surface area contributed by atoms with Gasteiger partial charge in [-0.15, -0.1) is 0 Å². The number of hydrogen-bond acceptors (Lipinski definition) is 4. The molecule has 23 heavy (non-hydrogen) atoms. The fraction of sp³-hybridized carbons (Fsp3) is 0.529. The predicted octanol–water partition coefficient (Wildman–Crippen LogP) is 2.85. The number of benzene rings is 1. The van der Waals surface area contributed by atoms with Crippen molar-refractivity contribution in [2.45, 2.75) is 57.9 Å². The normalized spacial score (nSPS) is 11.3. The summed E-state index contributed by atoms with van der Waals surface area (Å²) < 4.78 is 0.0260. The van der Waals surface area contributed by atoms with E-state index in [1.54, 1.807) is 18.2 Å². The number of hydrogen-bond donors (Lipinski definition) is 3. The molecule has 1 rings (SSSR count). The molecule has 0 heterocycles. The number of phenols is 1. The standard InChI is InChI=1S/C10H21NO2.C7H5O2.Na/c1-2-3-4-5-6-7-8-9(11)10(12)13;8-5-6-3-1-2-4-7(6)9;/h9H,2-8,11H2,1H3,(H,12,13);1-4,9H;. The maximum atomic E-state index is 10.8. The van der Waals surface area contributed by atoms with Crippen molar-refractivity contribution in [3.63, 3.8) is 0 Å². The molecule has 1 aromatic carbocycles. The molecule has 0 saturated heterocycles. The van der Waals surface area contributed by atoms with Crippen LogP contribution in [0.4, 0.5) is 0 Å². The molecular weight excluding hydrogens is 305 g/mol. The van der Waals surface area contributed by atoms with E-state index in [4.69, 9.17) is 15.9 Å². The third kappa shape index (κ3) is 11.3. The van der Waals surface area contributed by atoms with Crippen molar-refractivity contribution in [3.8, 4) is 5.75 Å². The molecular formula is C17H26NNaO4. The van der Waals surface area contributed by atoms with Crippen LogP contribution in [-0.4, -0.2) is 53.2 Å². The summed E-state index contributed by atoms with van der Waals surface area (Å²) in [7, 11) is 0. The van der Waals surface area contributed by atoms with Gasteiger partial charge in [-0.05, 0) is 6.42 Å². The first-order chi connectivity index (χ1) is 10.9. The van der Waals surface area contributed by atoms with Gasteiger partial charge in [0.15, 0.2) is 0 Å². The van der Waals surface area contributed by atoms with Crippen LogP contribution < -0.4 is 5.73 Å². The van der Waals surface area contributed by atoms with Crippen LogP contribution in [-0.2, 0) is 4.79 Å². The maximum absolute atomic E-state index is 10.8. The van der Waals surface area contributed by atoms with E-state index in [9.17, 15) is 9.59 Å². The van der Waals surface area contributed by atoms with Gasteiger partial charge in [-0.25, -0.2) is 0 Å². The monoisotopic (exact) mass is 331 g/mol. The van der Waals surface area contributed by atoms with Crippen LogP contribution in [0, 0.1) is 0 Å². The van der Waals surface area contributed by atoms with Gasteiger partial charge < -0.3 is 10.8 Å². The molecule has 1 unspecified atom stereocenters. The van der Waals surface area contributed by atoms with Gasteiger partial charge >= 0.3 is 82.4 Å². The zero-order chi connectivity index (χ0) is 17.7. The van der Waals surface area contributed by atoms with Crippen LogP contribution in [0.5, 0.6) is 5.75 Å². The van der Waals surface area contributed by atoms with E-state index in [2.05, 4.69) is 6.92 Å². The fourth-order valence-corrected chi connectivity index (χ4v) is 2.46. The summed E-state index contributed by atoms with van der Waals surface area (Å²) in [5.41, 5.74) is 5.80. The van der Waals surface area contributed by atoms with Crippen molar-refractivity contribution in [3.05, 3.63) is 29.8 Å². The molecule has 0 aliphatic carbocycles. The van der Waals surface area contributed by atoms with E-state index >= 15 is 0 Å². The van der Waals surface area contributed by atoms with Gasteiger partial charge in [0.25, 0.3) is 0 Å². The van der Waals surface area contributed by atoms with Crippen molar-refractivity contribution in [2.24, 2.45) is 5.73 Å². The van der Waals surface area contributed by atoms with E-state index in [1.165, 1.54) is 31.7 Å². The molecule has 1 atom stereocenters. The second kappa shape index (κ2) is 13.5.